The Balaban J connectivity index is 1.57. The van der Waals surface area contributed by atoms with Crippen LogP contribution in [0.3, 0.4) is 0 Å². The first-order valence-corrected chi connectivity index (χ1v) is 12.4. The minimum Gasteiger partial charge on any atom is -0.376 e. The summed E-state index contributed by atoms with van der Waals surface area (Å²) in [7, 11) is -3.37. The van der Waals surface area contributed by atoms with Gasteiger partial charge < -0.3 is 9.30 Å². The fourth-order valence-electron chi connectivity index (χ4n) is 3.97. The number of imidazole rings is 1. The average molecular weight is 418 g/mol. The summed E-state index contributed by atoms with van der Waals surface area (Å²) in [6.07, 6.45) is 5.86. The van der Waals surface area contributed by atoms with Crippen LogP contribution in [-0.4, -0.2) is 47.9 Å². The second-order valence-corrected chi connectivity index (χ2v) is 10.2. The smallest absolute Gasteiger partial charge is 0.227 e. The van der Waals surface area contributed by atoms with E-state index in [4.69, 9.17) is 4.74 Å². The van der Waals surface area contributed by atoms with Gasteiger partial charge >= 0.3 is 0 Å². The van der Waals surface area contributed by atoms with E-state index >= 15 is 0 Å². The molecule has 29 heavy (non-hydrogen) atoms. The lowest BCUT2D eigenvalue weighted by Gasteiger charge is -2.22. The zero-order valence-corrected chi connectivity index (χ0v) is 18.0. The van der Waals surface area contributed by atoms with E-state index in [0.29, 0.717) is 19.0 Å². The summed E-state index contributed by atoms with van der Waals surface area (Å²) in [6.45, 7) is 5.83. The minimum absolute atomic E-state index is 0.0713. The second kappa shape index (κ2) is 8.98. The van der Waals surface area contributed by atoms with E-state index in [0.717, 1.165) is 51.1 Å². The van der Waals surface area contributed by atoms with Crippen molar-refractivity contribution in [3.8, 4) is 0 Å². The van der Waals surface area contributed by atoms with Crippen molar-refractivity contribution in [2.75, 3.05) is 18.9 Å². The molecule has 0 bridgehead atoms. The number of hydrogen-bond acceptors (Lipinski definition) is 5. The first-order valence-electron chi connectivity index (χ1n) is 10.7. The Morgan fingerprint density at radius 3 is 2.62 bits per heavy atom. The Kier molecular flexibility index (Phi) is 6.37. The highest BCUT2D eigenvalue weighted by molar-refractivity contribution is 7.91. The molecule has 158 valence electrons. The fourth-order valence-corrected chi connectivity index (χ4v) is 5.82. The van der Waals surface area contributed by atoms with Crippen LogP contribution in [0.1, 0.15) is 43.9 Å². The molecule has 4 rings (SSSR count). The summed E-state index contributed by atoms with van der Waals surface area (Å²) in [6, 6.07) is 10.4. The molecule has 6 nitrogen and oxygen atoms in total. The van der Waals surface area contributed by atoms with Crippen molar-refractivity contribution >= 4 is 9.84 Å². The topological polar surface area (TPSA) is 64.4 Å². The maximum absolute atomic E-state index is 13.0. The Labute approximate surface area is 173 Å². The molecule has 1 saturated heterocycles. The molecule has 1 saturated carbocycles. The summed E-state index contributed by atoms with van der Waals surface area (Å²) in [5.41, 5.74) is 2.20. The molecule has 1 aliphatic heterocycles. The van der Waals surface area contributed by atoms with Gasteiger partial charge in [0.2, 0.25) is 15.0 Å². The average Bonchev–Trinajstić information content (AvgIpc) is 3.19. The summed E-state index contributed by atoms with van der Waals surface area (Å²) in [5, 5.41) is 0.227. The maximum Gasteiger partial charge on any atom is 0.227 e. The van der Waals surface area contributed by atoms with Gasteiger partial charge in [-0.3, -0.25) is 4.90 Å². The molecule has 1 aromatic carbocycles. The number of hydrogen-bond donors (Lipinski definition) is 0. The molecule has 2 heterocycles. The maximum atomic E-state index is 13.0. The summed E-state index contributed by atoms with van der Waals surface area (Å²) >= 11 is 0. The Bertz CT molecular complexity index is 901. The largest absolute Gasteiger partial charge is 0.376 e. The van der Waals surface area contributed by atoms with Crippen LogP contribution in [0.5, 0.6) is 0 Å². The van der Waals surface area contributed by atoms with Gasteiger partial charge in [-0.25, -0.2) is 13.4 Å². The lowest BCUT2D eigenvalue weighted by Crippen LogP contribution is -2.27. The SMILES string of the molecule is CCN(Cc1ccccc1)Cc1cnc(S(=O)(=O)CC2CC2)n1C[C@H]1CCCO1. The van der Waals surface area contributed by atoms with Gasteiger partial charge in [0.15, 0.2) is 0 Å². The minimum atomic E-state index is -3.37. The molecule has 0 amide bonds. The van der Waals surface area contributed by atoms with E-state index in [-0.39, 0.29) is 17.0 Å². The van der Waals surface area contributed by atoms with E-state index in [1.807, 2.05) is 22.8 Å². The molecule has 0 radical (unpaired) electrons. The third kappa shape index (κ3) is 5.27. The predicted octanol–water partition coefficient (Wildman–Crippen LogP) is 3.27. The van der Waals surface area contributed by atoms with Gasteiger partial charge in [0.05, 0.1) is 30.3 Å². The van der Waals surface area contributed by atoms with Crippen LogP contribution in [0.15, 0.2) is 41.7 Å². The van der Waals surface area contributed by atoms with Gasteiger partial charge in [0, 0.05) is 19.7 Å². The predicted molar refractivity (Wildman–Crippen MR) is 112 cm³/mol. The highest BCUT2D eigenvalue weighted by Crippen LogP contribution is 2.32. The number of aromatic nitrogens is 2. The van der Waals surface area contributed by atoms with Gasteiger partial charge in [-0.2, -0.15) is 0 Å². The number of benzene rings is 1. The molecular weight excluding hydrogens is 386 g/mol. The number of sulfone groups is 1. The molecule has 1 aliphatic carbocycles. The standard InChI is InChI=1S/C22H31N3O3S/c1-2-24(14-18-7-4-3-5-8-18)15-20-13-23-22(29(26,27)17-19-10-11-19)25(20)16-21-9-6-12-28-21/h3-5,7-8,13,19,21H,2,6,9-12,14-17H2,1H3/t21-/m1/s1. The molecule has 2 aliphatic rings. The van der Waals surface area contributed by atoms with Crippen LogP contribution in [0.25, 0.3) is 0 Å². The first kappa shape index (κ1) is 20.6. The molecule has 0 spiro atoms. The first-order chi connectivity index (χ1) is 14.0. The highest BCUT2D eigenvalue weighted by Gasteiger charge is 2.33. The van der Waals surface area contributed by atoms with Crippen molar-refractivity contribution in [1.29, 1.82) is 0 Å². The third-order valence-corrected chi connectivity index (χ3v) is 7.62. The monoisotopic (exact) mass is 417 g/mol. The van der Waals surface area contributed by atoms with E-state index in [1.165, 1.54) is 5.56 Å². The van der Waals surface area contributed by atoms with Gasteiger partial charge in [-0.15, -0.1) is 0 Å². The zero-order chi connectivity index (χ0) is 20.3. The van der Waals surface area contributed by atoms with E-state index < -0.39 is 9.84 Å². The molecule has 0 unspecified atom stereocenters. The molecule has 7 heteroatoms. The molecular formula is C22H31N3O3S. The molecule has 2 aromatic rings. The summed E-state index contributed by atoms with van der Waals surface area (Å²) in [5.74, 6) is 0.526. The van der Waals surface area contributed by atoms with Crippen LogP contribution in [-0.2, 0) is 34.2 Å². The Morgan fingerprint density at radius 1 is 1.17 bits per heavy atom. The van der Waals surface area contributed by atoms with Crippen molar-refractivity contribution in [2.24, 2.45) is 5.92 Å². The fraction of sp³-hybridized carbons (Fsp3) is 0.591. The normalized spacial score (nSPS) is 19.9. The van der Waals surface area contributed by atoms with E-state index in [2.05, 4.69) is 28.9 Å². The lowest BCUT2D eigenvalue weighted by molar-refractivity contribution is 0.0932. The second-order valence-electron chi connectivity index (χ2n) is 8.29. The quantitative estimate of drug-likeness (QED) is 0.594. The zero-order valence-electron chi connectivity index (χ0n) is 17.2. The molecule has 2 fully saturated rings. The van der Waals surface area contributed by atoms with Gasteiger partial charge in [-0.1, -0.05) is 37.3 Å². The van der Waals surface area contributed by atoms with E-state index in [9.17, 15) is 8.42 Å². The summed E-state index contributed by atoms with van der Waals surface area (Å²) < 4.78 is 33.7. The molecule has 0 N–H and O–H groups in total. The van der Waals surface area contributed by atoms with Crippen LogP contribution in [0.2, 0.25) is 0 Å². The molecule has 1 atom stereocenters. The van der Waals surface area contributed by atoms with Crippen LogP contribution >= 0.6 is 0 Å². The molecule has 1 aromatic heterocycles. The van der Waals surface area contributed by atoms with Crippen molar-refractivity contribution in [3.05, 3.63) is 47.8 Å². The lowest BCUT2D eigenvalue weighted by atomic mass is 10.2. The van der Waals surface area contributed by atoms with Gasteiger partial charge in [-0.05, 0) is 43.7 Å². The Hall–Kier alpha value is -1.70. The van der Waals surface area contributed by atoms with Gasteiger partial charge in [0.1, 0.15) is 0 Å². The summed E-state index contributed by atoms with van der Waals surface area (Å²) in [4.78, 5) is 6.71. The third-order valence-electron chi connectivity index (χ3n) is 5.82. The number of nitrogens with zero attached hydrogens (tertiary/aromatic N) is 3. The van der Waals surface area contributed by atoms with Crippen LogP contribution in [0.4, 0.5) is 0 Å². The van der Waals surface area contributed by atoms with Crippen LogP contribution in [0, 0.1) is 5.92 Å². The van der Waals surface area contributed by atoms with Gasteiger partial charge in [0.25, 0.3) is 0 Å². The van der Waals surface area contributed by atoms with Crippen molar-refractivity contribution in [1.82, 2.24) is 14.5 Å². The van der Waals surface area contributed by atoms with Crippen molar-refractivity contribution in [3.63, 3.8) is 0 Å². The highest BCUT2D eigenvalue weighted by atomic mass is 32.2. The van der Waals surface area contributed by atoms with Crippen molar-refractivity contribution in [2.45, 2.75) is 63.5 Å². The van der Waals surface area contributed by atoms with Crippen molar-refractivity contribution < 1.29 is 13.2 Å². The van der Waals surface area contributed by atoms with E-state index in [1.54, 1.807) is 6.20 Å². The number of ether oxygens (including phenoxy) is 1. The van der Waals surface area contributed by atoms with Crippen LogP contribution < -0.4 is 0 Å². The Morgan fingerprint density at radius 2 is 1.97 bits per heavy atom. The number of rotatable bonds is 10.